The van der Waals surface area contributed by atoms with E-state index in [9.17, 15) is 0 Å². The highest BCUT2D eigenvalue weighted by Crippen LogP contribution is 2.44. The summed E-state index contributed by atoms with van der Waals surface area (Å²) in [6, 6.07) is 6.88. The average molecular weight is 435 g/mol. The summed E-state index contributed by atoms with van der Waals surface area (Å²) in [4.78, 5) is 0. The van der Waals surface area contributed by atoms with Crippen molar-refractivity contribution in [2.24, 2.45) is 5.92 Å². The molecule has 2 aliphatic rings. The van der Waals surface area contributed by atoms with E-state index in [-0.39, 0.29) is 5.60 Å². The van der Waals surface area contributed by atoms with Crippen molar-refractivity contribution in [3.05, 3.63) is 32.7 Å². The van der Waals surface area contributed by atoms with Crippen LogP contribution in [0.3, 0.4) is 0 Å². The maximum absolute atomic E-state index is 6.17. The molecule has 0 aliphatic carbocycles. The quantitative estimate of drug-likeness (QED) is 0.739. The lowest BCUT2D eigenvalue weighted by Gasteiger charge is -2.41. The number of nitrogens with one attached hydrogen (secondary N) is 1. The van der Waals surface area contributed by atoms with Gasteiger partial charge >= 0.3 is 0 Å². The minimum Gasteiger partial charge on any atom is -0.374 e. The third-order valence-electron chi connectivity index (χ3n) is 4.68. The lowest BCUT2D eigenvalue weighted by Crippen LogP contribution is -2.43. The summed E-state index contributed by atoms with van der Waals surface area (Å²) >= 11 is 9.30. The van der Waals surface area contributed by atoms with Gasteiger partial charge in [0.25, 0.3) is 0 Å². The van der Waals surface area contributed by atoms with Crippen molar-refractivity contribution in [1.29, 1.82) is 0 Å². The molecule has 21 heavy (non-hydrogen) atoms. The molecule has 0 bridgehead atoms. The van der Waals surface area contributed by atoms with Crippen LogP contribution in [-0.2, 0) is 4.74 Å². The van der Waals surface area contributed by atoms with Crippen LogP contribution in [0.15, 0.2) is 27.1 Å². The second-order valence-electron chi connectivity index (χ2n) is 6.02. The van der Waals surface area contributed by atoms with Crippen LogP contribution in [0.1, 0.15) is 30.9 Å². The minimum absolute atomic E-state index is 0.143. The molecule has 3 rings (SSSR count). The van der Waals surface area contributed by atoms with E-state index < -0.39 is 0 Å². The number of rotatable bonds is 3. The van der Waals surface area contributed by atoms with Gasteiger partial charge in [-0.15, -0.1) is 0 Å². The fourth-order valence-corrected chi connectivity index (χ4v) is 6.28. The Morgan fingerprint density at radius 3 is 2.95 bits per heavy atom. The van der Waals surface area contributed by atoms with Crippen LogP contribution in [0.25, 0.3) is 0 Å². The van der Waals surface area contributed by atoms with Gasteiger partial charge in [-0.2, -0.15) is 11.8 Å². The van der Waals surface area contributed by atoms with Gasteiger partial charge < -0.3 is 10.1 Å². The fourth-order valence-electron chi connectivity index (χ4n) is 3.61. The Hall–Kier alpha value is 0.450. The first-order chi connectivity index (χ1) is 10.1. The Bertz CT molecular complexity index is 505. The van der Waals surface area contributed by atoms with Crippen molar-refractivity contribution in [1.82, 2.24) is 5.32 Å². The summed E-state index contributed by atoms with van der Waals surface area (Å²) < 4.78 is 8.46. The molecule has 1 aromatic carbocycles. The van der Waals surface area contributed by atoms with E-state index in [1.54, 1.807) is 0 Å². The van der Waals surface area contributed by atoms with Crippen LogP contribution >= 0.6 is 43.6 Å². The number of ether oxygens (including phenoxy) is 1. The maximum atomic E-state index is 6.17. The van der Waals surface area contributed by atoms with Gasteiger partial charge in [0.2, 0.25) is 0 Å². The second kappa shape index (κ2) is 6.91. The molecule has 116 valence electrons. The van der Waals surface area contributed by atoms with Crippen LogP contribution in [0.2, 0.25) is 0 Å². The maximum Gasteiger partial charge on any atom is 0.0783 e. The zero-order valence-electron chi connectivity index (χ0n) is 12.2. The Morgan fingerprint density at radius 2 is 2.29 bits per heavy atom. The van der Waals surface area contributed by atoms with Crippen molar-refractivity contribution in [2.75, 3.05) is 25.2 Å². The van der Waals surface area contributed by atoms with Crippen LogP contribution in [0, 0.1) is 5.92 Å². The highest BCUT2D eigenvalue weighted by molar-refractivity contribution is 9.11. The monoisotopic (exact) mass is 433 g/mol. The van der Waals surface area contributed by atoms with Gasteiger partial charge in [0.1, 0.15) is 0 Å². The molecule has 0 saturated carbocycles. The topological polar surface area (TPSA) is 21.3 Å². The van der Waals surface area contributed by atoms with Crippen LogP contribution < -0.4 is 5.32 Å². The molecule has 2 fully saturated rings. The molecule has 0 radical (unpaired) electrons. The largest absolute Gasteiger partial charge is 0.374 e. The highest BCUT2D eigenvalue weighted by Gasteiger charge is 2.42. The Labute approximate surface area is 148 Å². The van der Waals surface area contributed by atoms with Gasteiger partial charge in [-0.3, -0.25) is 0 Å². The summed E-state index contributed by atoms with van der Waals surface area (Å²) in [6.45, 7) is 0.900. The second-order valence-corrected chi connectivity index (χ2v) is 8.89. The summed E-state index contributed by atoms with van der Waals surface area (Å²) in [5.41, 5.74) is 1.50. The SMILES string of the molecule is CNC(c1ccc(Br)cc1Br)C1CCOC2(CCSC2)C1. The van der Waals surface area contributed by atoms with Crippen molar-refractivity contribution < 1.29 is 4.74 Å². The number of halogens is 2. The number of hydrogen-bond acceptors (Lipinski definition) is 3. The van der Waals surface area contributed by atoms with E-state index in [0.717, 1.165) is 17.5 Å². The lowest BCUT2D eigenvalue weighted by atomic mass is 9.79. The van der Waals surface area contributed by atoms with E-state index in [0.29, 0.717) is 12.0 Å². The summed E-state index contributed by atoms with van der Waals surface area (Å²) in [5, 5.41) is 3.55. The molecular formula is C16H21Br2NOS. The van der Waals surface area contributed by atoms with Gasteiger partial charge in [-0.25, -0.2) is 0 Å². The zero-order valence-corrected chi connectivity index (χ0v) is 16.2. The number of benzene rings is 1. The molecule has 1 aromatic rings. The predicted molar refractivity (Wildman–Crippen MR) is 97.0 cm³/mol. The molecule has 0 aromatic heterocycles. The smallest absolute Gasteiger partial charge is 0.0783 e. The van der Waals surface area contributed by atoms with Crippen molar-refractivity contribution in [3.63, 3.8) is 0 Å². The number of hydrogen-bond donors (Lipinski definition) is 1. The van der Waals surface area contributed by atoms with Crippen molar-refractivity contribution >= 4 is 43.6 Å². The molecule has 5 heteroatoms. The fraction of sp³-hybridized carbons (Fsp3) is 0.625. The van der Waals surface area contributed by atoms with Crippen LogP contribution in [0.5, 0.6) is 0 Å². The minimum atomic E-state index is 0.143. The molecule has 2 saturated heterocycles. The predicted octanol–water partition coefficient (Wildman–Crippen LogP) is 4.77. The van der Waals surface area contributed by atoms with Crippen LogP contribution in [0.4, 0.5) is 0 Å². The summed E-state index contributed by atoms with van der Waals surface area (Å²) in [5.74, 6) is 3.06. The van der Waals surface area contributed by atoms with E-state index in [1.165, 1.54) is 34.4 Å². The standard InChI is InChI=1S/C16H21Br2NOS/c1-19-15(13-3-2-12(17)8-14(13)18)11-4-6-20-16(9-11)5-7-21-10-16/h2-3,8,11,15,19H,4-7,9-10H2,1H3. The lowest BCUT2D eigenvalue weighted by molar-refractivity contribution is -0.0851. The van der Waals surface area contributed by atoms with Gasteiger partial charge in [-0.1, -0.05) is 37.9 Å². The normalized spacial score (nSPS) is 30.7. The van der Waals surface area contributed by atoms with E-state index in [2.05, 4.69) is 62.4 Å². The molecule has 1 N–H and O–H groups in total. The zero-order chi connectivity index (χ0) is 14.9. The van der Waals surface area contributed by atoms with E-state index in [4.69, 9.17) is 4.74 Å². The van der Waals surface area contributed by atoms with E-state index >= 15 is 0 Å². The molecule has 2 heterocycles. The van der Waals surface area contributed by atoms with Crippen LogP contribution in [-0.4, -0.2) is 30.8 Å². The van der Waals surface area contributed by atoms with Crippen molar-refractivity contribution in [3.8, 4) is 0 Å². The van der Waals surface area contributed by atoms with Crippen molar-refractivity contribution in [2.45, 2.75) is 30.9 Å². The molecule has 2 aliphatic heterocycles. The average Bonchev–Trinajstić information content (AvgIpc) is 2.90. The Morgan fingerprint density at radius 1 is 1.43 bits per heavy atom. The summed E-state index contributed by atoms with van der Waals surface area (Å²) in [7, 11) is 2.07. The van der Waals surface area contributed by atoms with Gasteiger partial charge in [0, 0.05) is 27.3 Å². The first-order valence-corrected chi connectivity index (χ1v) is 10.2. The molecule has 2 nitrogen and oxygen atoms in total. The molecule has 3 unspecified atom stereocenters. The first kappa shape index (κ1) is 16.3. The third kappa shape index (κ3) is 3.52. The van der Waals surface area contributed by atoms with Gasteiger partial charge in [0.15, 0.2) is 0 Å². The molecule has 1 spiro atoms. The van der Waals surface area contributed by atoms with Gasteiger partial charge in [-0.05, 0) is 55.7 Å². The first-order valence-electron chi connectivity index (χ1n) is 7.47. The summed E-state index contributed by atoms with van der Waals surface area (Å²) in [6.07, 6.45) is 3.53. The molecular weight excluding hydrogens is 414 g/mol. The van der Waals surface area contributed by atoms with Gasteiger partial charge in [0.05, 0.1) is 5.60 Å². The number of thioether (sulfide) groups is 1. The third-order valence-corrected chi connectivity index (χ3v) is 7.08. The Kier molecular flexibility index (Phi) is 5.37. The van der Waals surface area contributed by atoms with E-state index in [1.807, 2.05) is 11.8 Å². The molecule has 0 amide bonds. The Balaban J connectivity index is 1.82. The molecule has 3 atom stereocenters. The highest BCUT2D eigenvalue weighted by atomic mass is 79.9.